The molecule has 0 bridgehead atoms. The predicted octanol–water partition coefficient (Wildman–Crippen LogP) is 1.06. The quantitative estimate of drug-likeness (QED) is 0.682. The molecule has 1 aliphatic rings. The predicted molar refractivity (Wildman–Crippen MR) is 101 cm³/mol. The Morgan fingerprint density at radius 2 is 2.04 bits per heavy atom. The van der Waals surface area contributed by atoms with E-state index in [2.05, 4.69) is 20.6 Å². The van der Waals surface area contributed by atoms with Gasteiger partial charge in [-0.1, -0.05) is 37.7 Å². The highest BCUT2D eigenvalue weighted by Crippen LogP contribution is 2.40. The fourth-order valence-electron chi connectivity index (χ4n) is 2.91. The molecule has 1 aromatic carbocycles. The number of nitrogens with zero attached hydrogens (tertiary/aromatic N) is 5. The Labute approximate surface area is 166 Å². The summed E-state index contributed by atoms with van der Waals surface area (Å²) in [5.41, 5.74) is 0.810. The Hall–Kier alpha value is -2.47. The van der Waals surface area contributed by atoms with E-state index in [-0.39, 0.29) is 33.9 Å². The van der Waals surface area contributed by atoms with Gasteiger partial charge in [0.2, 0.25) is 11.1 Å². The van der Waals surface area contributed by atoms with Crippen molar-refractivity contribution in [3.8, 4) is 0 Å². The van der Waals surface area contributed by atoms with E-state index >= 15 is 0 Å². The van der Waals surface area contributed by atoms with Crippen LogP contribution in [0.3, 0.4) is 0 Å². The molecule has 0 saturated heterocycles. The van der Waals surface area contributed by atoms with Gasteiger partial charge >= 0.3 is 0 Å². The van der Waals surface area contributed by atoms with Gasteiger partial charge in [-0.15, -0.1) is 10.2 Å². The first kappa shape index (κ1) is 20.3. The van der Waals surface area contributed by atoms with Gasteiger partial charge in [0.1, 0.15) is 10.3 Å². The molecule has 1 aliphatic heterocycles. The maximum absolute atomic E-state index is 13.2. The molecule has 0 spiro atoms. The summed E-state index contributed by atoms with van der Waals surface area (Å²) in [5.74, 6) is -1.02. The second-order valence-corrected chi connectivity index (χ2v) is 9.67. The number of benzene rings is 1. The summed E-state index contributed by atoms with van der Waals surface area (Å²) in [5, 5.41) is 12.4. The van der Waals surface area contributed by atoms with Gasteiger partial charge < -0.3 is 4.90 Å². The number of aromatic nitrogens is 4. The van der Waals surface area contributed by atoms with Gasteiger partial charge in [0.15, 0.2) is 0 Å². The number of rotatable bonds is 6. The standard InChI is InChI=1S/C16H20N6O4S2/c1-9(2)10-6-5-7-11-14(10)15(24)22(28(11,25)26)13(8-12(23)21(3)4)27-16-17-19-20-18-16/h5-7,9,13H,8H2,1-4H3,(H,17,18,19,20). The SMILES string of the molecule is CC(C)c1cccc2c1C(=O)N(C(CC(=O)N(C)C)Sc1nn[nH]n1)S2(=O)=O. The number of hydrogen-bond acceptors (Lipinski definition) is 8. The third-order valence-corrected chi connectivity index (χ3v) is 7.31. The van der Waals surface area contributed by atoms with Crippen molar-refractivity contribution in [1.29, 1.82) is 0 Å². The monoisotopic (exact) mass is 424 g/mol. The van der Waals surface area contributed by atoms with Crippen LogP contribution in [0.1, 0.15) is 42.1 Å². The third-order valence-electron chi connectivity index (χ3n) is 4.31. The van der Waals surface area contributed by atoms with Gasteiger partial charge in [0.25, 0.3) is 15.9 Å². The Morgan fingerprint density at radius 3 is 2.61 bits per heavy atom. The minimum absolute atomic E-state index is 0.0410. The third kappa shape index (κ3) is 3.49. The van der Waals surface area contributed by atoms with Gasteiger partial charge in [-0.3, -0.25) is 9.59 Å². The second-order valence-electron chi connectivity index (χ2n) is 6.74. The lowest BCUT2D eigenvalue weighted by atomic mass is 9.97. The number of sulfonamides is 1. The minimum atomic E-state index is -4.12. The number of nitrogens with one attached hydrogen (secondary N) is 1. The summed E-state index contributed by atoms with van der Waals surface area (Å²) < 4.78 is 27.2. The zero-order valence-electron chi connectivity index (χ0n) is 15.8. The van der Waals surface area contributed by atoms with Crippen LogP contribution in [0.25, 0.3) is 0 Å². The number of aromatic amines is 1. The smallest absolute Gasteiger partial charge is 0.270 e. The molecule has 0 saturated carbocycles. The van der Waals surface area contributed by atoms with Crippen molar-refractivity contribution in [3.63, 3.8) is 0 Å². The first-order valence-corrected chi connectivity index (χ1v) is 10.8. The summed E-state index contributed by atoms with van der Waals surface area (Å²) in [4.78, 5) is 26.8. The molecule has 1 N–H and O–H groups in total. The van der Waals surface area contributed by atoms with E-state index in [1.54, 1.807) is 26.2 Å². The molecule has 1 atom stereocenters. The number of hydrogen-bond donors (Lipinski definition) is 1. The van der Waals surface area contributed by atoms with Crippen LogP contribution in [-0.4, -0.2) is 69.5 Å². The number of fused-ring (bicyclic) bond motifs is 1. The maximum Gasteiger partial charge on any atom is 0.270 e. The molecular weight excluding hydrogens is 404 g/mol. The van der Waals surface area contributed by atoms with E-state index in [9.17, 15) is 18.0 Å². The molecule has 2 heterocycles. The number of thioether (sulfide) groups is 1. The van der Waals surface area contributed by atoms with Crippen molar-refractivity contribution in [2.24, 2.45) is 0 Å². The average molecular weight is 425 g/mol. The first-order chi connectivity index (χ1) is 13.1. The van der Waals surface area contributed by atoms with Gasteiger partial charge in [0, 0.05) is 14.1 Å². The Morgan fingerprint density at radius 1 is 1.32 bits per heavy atom. The van der Waals surface area contributed by atoms with Gasteiger partial charge in [-0.25, -0.2) is 12.7 Å². The fourth-order valence-corrected chi connectivity index (χ4v) is 5.84. The van der Waals surface area contributed by atoms with Crippen molar-refractivity contribution in [1.82, 2.24) is 29.8 Å². The molecule has 10 nitrogen and oxygen atoms in total. The summed E-state index contributed by atoms with van der Waals surface area (Å²) in [6.07, 6.45) is -0.220. The van der Waals surface area contributed by atoms with E-state index in [1.807, 2.05) is 13.8 Å². The zero-order chi connectivity index (χ0) is 20.6. The van der Waals surface area contributed by atoms with E-state index in [0.717, 1.165) is 16.1 Å². The van der Waals surface area contributed by atoms with Crippen LogP contribution in [0.15, 0.2) is 28.3 Å². The van der Waals surface area contributed by atoms with E-state index in [1.165, 1.54) is 11.0 Å². The van der Waals surface area contributed by atoms with Crippen molar-refractivity contribution in [3.05, 3.63) is 29.3 Å². The Kier molecular flexibility index (Phi) is 5.44. The topological polar surface area (TPSA) is 129 Å². The molecule has 28 heavy (non-hydrogen) atoms. The van der Waals surface area contributed by atoms with E-state index < -0.39 is 21.3 Å². The number of tetrazole rings is 1. The van der Waals surface area contributed by atoms with E-state index in [4.69, 9.17) is 0 Å². The van der Waals surface area contributed by atoms with Crippen LogP contribution in [-0.2, 0) is 14.8 Å². The van der Waals surface area contributed by atoms with Gasteiger partial charge in [-0.05, 0) is 22.8 Å². The lowest BCUT2D eigenvalue weighted by Crippen LogP contribution is -2.41. The van der Waals surface area contributed by atoms with Crippen molar-refractivity contribution in [2.45, 2.75) is 41.6 Å². The number of carbonyl (C=O) groups excluding carboxylic acids is 2. The number of carbonyl (C=O) groups is 2. The molecule has 0 aliphatic carbocycles. The highest BCUT2D eigenvalue weighted by Gasteiger charge is 2.47. The van der Waals surface area contributed by atoms with Crippen molar-refractivity contribution >= 4 is 33.6 Å². The molecule has 3 rings (SSSR count). The van der Waals surface area contributed by atoms with Crippen molar-refractivity contribution < 1.29 is 18.0 Å². The van der Waals surface area contributed by atoms with Crippen LogP contribution < -0.4 is 0 Å². The minimum Gasteiger partial charge on any atom is -0.349 e. The molecule has 1 aromatic heterocycles. The summed E-state index contributed by atoms with van der Waals surface area (Å²) in [6, 6.07) is 4.78. The highest BCUT2D eigenvalue weighted by atomic mass is 32.2. The average Bonchev–Trinajstić information content (AvgIpc) is 3.19. The van der Waals surface area contributed by atoms with Crippen LogP contribution in [0.4, 0.5) is 0 Å². The molecular formula is C16H20N6O4S2. The Bertz CT molecular complexity index is 1000. The lowest BCUT2D eigenvalue weighted by Gasteiger charge is -2.25. The van der Waals surface area contributed by atoms with Crippen LogP contribution in [0, 0.1) is 0 Å². The van der Waals surface area contributed by atoms with Crippen LogP contribution >= 0.6 is 11.8 Å². The maximum atomic E-state index is 13.2. The highest BCUT2D eigenvalue weighted by molar-refractivity contribution is 8.00. The van der Waals surface area contributed by atoms with E-state index in [0.29, 0.717) is 5.56 Å². The molecule has 2 aromatic rings. The normalized spacial score (nSPS) is 16.3. The van der Waals surface area contributed by atoms with Crippen LogP contribution in [0.2, 0.25) is 0 Å². The largest absolute Gasteiger partial charge is 0.349 e. The molecule has 2 amide bonds. The second kappa shape index (κ2) is 7.51. The summed E-state index contributed by atoms with van der Waals surface area (Å²) in [6.45, 7) is 3.78. The summed E-state index contributed by atoms with van der Waals surface area (Å²) in [7, 11) is -1.000. The lowest BCUT2D eigenvalue weighted by molar-refractivity contribution is -0.128. The summed E-state index contributed by atoms with van der Waals surface area (Å²) >= 11 is 0.892. The van der Waals surface area contributed by atoms with Gasteiger partial charge in [-0.2, -0.15) is 5.21 Å². The van der Waals surface area contributed by atoms with Crippen LogP contribution in [0.5, 0.6) is 0 Å². The number of amides is 2. The number of H-pyrrole nitrogens is 1. The molecule has 150 valence electrons. The Balaban J connectivity index is 2.08. The van der Waals surface area contributed by atoms with Crippen molar-refractivity contribution in [2.75, 3.05) is 14.1 Å². The fraction of sp³-hybridized carbons (Fsp3) is 0.438. The molecule has 1 unspecified atom stereocenters. The molecule has 0 fully saturated rings. The molecule has 12 heteroatoms. The van der Waals surface area contributed by atoms with Gasteiger partial charge in [0.05, 0.1) is 12.0 Å². The molecule has 0 radical (unpaired) electrons. The first-order valence-electron chi connectivity index (χ1n) is 8.46. The zero-order valence-corrected chi connectivity index (χ0v) is 17.4.